The van der Waals surface area contributed by atoms with Gasteiger partial charge in [0, 0.05) is 16.8 Å². The van der Waals surface area contributed by atoms with Crippen molar-refractivity contribution in [2.24, 2.45) is 0 Å². The van der Waals surface area contributed by atoms with E-state index in [1.165, 1.54) is 44.3 Å². The van der Waals surface area contributed by atoms with Gasteiger partial charge in [-0.25, -0.2) is 0 Å². The van der Waals surface area contributed by atoms with E-state index < -0.39 is 0 Å². The first-order valence-electron chi connectivity index (χ1n) is 13.3. The Bertz CT molecular complexity index is 1640. The summed E-state index contributed by atoms with van der Waals surface area (Å²) in [5.74, 6) is 0. The molecule has 0 fully saturated rings. The molecule has 0 saturated heterocycles. The number of anilines is 3. The quantitative estimate of drug-likeness (QED) is 0.216. The lowest BCUT2D eigenvalue weighted by Crippen LogP contribution is -2.10. The Kier molecular flexibility index (Phi) is 6.74. The lowest BCUT2D eigenvalue weighted by molar-refractivity contribution is 0.958. The average molecular weight is 490 g/mol. The van der Waals surface area contributed by atoms with Gasteiger partial charge < -0.3 is 4.90 Å². The molecule has 0 bridgehead atoms. The third-order valence-electron chi connectivity index (χ3n) is 7.22. The first kappa shape index (κ1) is 23.8. The fourth-order valence-corrected chi connectivity index (χ4v) is 5.23. The number of aryl methyl sites for hydroxylation is 3. The molecule has 184 valence electrons. The number of fused-ring (bicyclic) bond motifs is 1. The maximum atomic E-state index is 2.38. The molecular formula is C37H31N. The SMILES string of the molecule is Cc1cccc(CCc2ccc(N(c3ccc(-c4ccccc4)cc3)c3cccc4ccccc34)cc2)c1. The molecule has 0 atom stereocenters. The Hall–Kier alpha value is -4.62. The van der Waals surface area contributed by atoms with Gasteiger partial charge in [-0.2, -0.15) is 0 Å². The highest BCUT2D eigenvalue weighted by Crippen LogP contribution is 2.39. The highest BCUT2D eigenvalue weighted by atomic mass is 15.1. The van der Waals surface area contributed by atoms with Crippen molar-refractivity contribution in [2.75, 3.05) is 4.90 Å². The molecule has 0 aliphatic heterocycles. The van der Waals surface area contributed by atoms with Crippen LogP contribution in [-0.2, 0) is 12.8 Å². The highest BCUT2D eigenvalue weighted by molar-refractivity contribution is 5.98. The highest BCUT2D eigenvalue weighted by Gasteiger charge is 2.15. The maximum absolute atomic E-state index is 2.38. The Morgan fingerprint density at radius 1 is 0.474 bits per heavy atom. The van der Waals surface area contributed by atoms with Gasteiger partial charge in [0.2, 0.25) is 0 Å². The summed E-state index contributed by atoms with van der Waals surface area (Å²) in [4.78, 5) is 2.38. The third kappa shape index (κ3) is 5.10. The summed E-state index contributed by atoms with van der Waals surface area (Å²) in [6.45, 7) is 2.16. The first-order chi connectivity index (χ1) is 18.7. The van der Waals surface area contributed by atoms with Crippen LogP contribution in [0.3, 0.4) is 0 Å². The average Bonchev–Trinajstić information content (AvgIpc) is 2.98. The Labute approximate surface area is 225 Å². The van der Waals surface area contributed by atoms with Crippen molar-refractivity contribution in [1.82, 2.24) is 0 Å². The van der Waals surface area contributed by atoms with Crippen LogP contribution in [0.15, 0.2) is 146 Å². The summed E-state index contributed by atoms with van der Waals surface area (Å²) < 4.78 is 0. The van der Waals surface area contributed by atoms with E-state index in [0.29, 0.717) is 0 Å². The van der Waals surface area contributed by atoms with Crippen LogP contribution in [0.4, 0.5) is 17.1 Å². The topological polar surface area (TPSA) is 3.24 Å². The lowest BCUT2D eigenvalue weighted by atomic mass is 10.0. The monoisotopic (exact) mass is 489 g/mol. The molecule has 0 aliphatic carbocycles. The Morgan fingerprint density at radius 3 is 1.84 bits per heavy atom. The molecule has 1 heteroatoms. The van der Waals surface area contributed by atoms with Crippen LogP contribution in [0.5, 0.6) is 0 Å². The van der Waals surface area contributed by atoms with Crippen LogP contribution in [0.2, 0.25) is 0 Å². The fraction of sp³-hybridized carbons (Fsp3) is 0.0811. The third-order valence-corrected chi connectivity index (χ3v) is 7.22. The van der Waals surface area contributed by atoms with Crippen molar-refractivity contribution >= 4 is 27.8 Å². The molecule has 0 aromatic heterocycles. The molecule has 0 unspecified atom stereocenters. The van der Waals surface area contributed by atoms with E-state index in [1.54, 1.807) is 0 Å². The van der Waals surface area contributed by atoms with E-state index in [0.717, 1.165) is 24.2 Å². The summed E-state index contributed by atoms with van der Waals surface area (Å²) >= 11 is 0. The normalized spacial score (nSPS) is 11.0. The first-order valence-corrected chi connectivity index (χ1v) is 13.3. The van der Waals surface area contributed by atoms with Gasteiger partial charge in [-0.05, 0) is 77.7 Å². The maximum Gasteiger partial charge on any atom is 0.0540 e. The van der Waals surface area contributed by atoms with E-state index >= 15 is 0 Å². The van der Waals surface area contributed by atoms with Crippen molar-refractivity contribution < 1.29 is 0 Å². The minimum Gasteiger partial charge on any atom is -0.310 e. The Morgan fingerprint density at radius 2 is 1.08 bits per heavy atom. The zero-order valence-corrected chi connectivity index (χ0v) is 21.7. The van der Waals surface area contributed by atoms with Crippen LogP contribution in [0.25, 0.3) is 21.9 Å². The van der Waals surface area contributed by atoms with Crippen molar-refractivity contribution in [3.05, 3.63) is 162 Å². The summed E-state index contributed by atoms with van der Waals surface area (Å²) in [7, 11) is 0. The van der Waals surface area contributed by atoms with Crippen molar-refractivity contribution in [2.45, 2.75) is 19.8 Å². The summed E-state index contributed by atoms with van der Waals surface area (Å²) in [6, 6.07) is 52.6. The Balaban J connectivity index is 1.36. The molecule has 0 N–H and O–H groups in total. The van der Waals surface area contributed by atoms with Gasteiger partial charge in [-0.3, -0.25) is 0 Å². The van der Waals surface area contributed by atoms with Crippen molar-refractivity contribution in [3.63, 3.8) is 0 Å². The van der Waals surface area contributed by atoms with E-state index in [9.17, 15) is 0 Å². The molecule has 0 radical (unpaired) electrons. The van der Waals surface area contributed by atoms with Crippen LogP contribution < -0.4 is 4.90 Å². The van der Waals surface area contributed by atoms with Gasteiger partial charge in [0.15, 0.2) is 0 Å². The molecule has 0 heterocycles. The standard InChI is InChI=1S/C37H31N/c1-28-9-7-10-30(27-28)18-17-29-19-23-34(24-20-29)38(37-16-8-14-33-13-5-6-15-36(33)37)35-25-21-32(22-26-35)31-11-3-2-4-12-31/h2-16,19-27H,17-18H2,1H3. The minimum absolute atomic E-state index is 1.03. The number of benzene rings is 6. The zero-order valence-electron chi connectivity index (χ0n) is 21.7. The number of hydrogen-bond acceptors (Lipinski definition) is 1. The number of rotatable bonds is 7. The van der Waals surface area contributed by atoms with Crippen LogP contribution in [-0.4, -0.2) is 0 Å². The minimum atomic E-state index is 1.03. The van der Waals surface area contributed by atoms with Gasteiger partial charge in [-0.15, -0.1) is 0 Å². The molecule has 6 aromatic carbocycles. The van der Waals surface area contributed by atoms with Gasteiger partial charge >= 0.3 is 0 Å². The molecule has 6 rings (SSSR count). The molecule has 0 aliphatic rings. The second kappa shape index (κ2) is 10.8. The molecule has 0 amide bonds. The van der Waals surface area contributed by atoms with E-state index in [2.05, 4.69) is 157 Å². The molecule has 1 nitrogen and oxygen atoms in total. The predicted molar refractivity (Wildman–Crippen MR) is 163 cm³/mol. The summed E-state index contributed by atoms with van der Waals surface area (Å²) in [5, 5.41) is 2.48. The van der Waals surface area contributed by atoms with Gasteiger partial charge in [0.25, 0.3) is 0 Å². The second-order valence-electron chi connectivity index (χ2n) is 9.90. The number of hydrogen-bond donors (Lipinski definition) is 0. The largest absolute Gasteiger partial charge is 0.310 e. The molecule has 0 saturated carbocycles. The smallest absolute Gasteiger partial charge is 0.0540 e. The molecular weight excluding hydrogens is 458 g/mol. The van der Waals surface area contributed by atoms with E-state index in [4.69, 9.17) is 0 Å². The van der Waals surface area contributed by atoms with Gasteiger partial charge in [0.05, 0.1) is 5.69 Å². The van der Waals surface area contributed by atoms with Gasteiger partial charge in [-0.1, -0.05) is 121 Å². The lowest BCUT2D eigenvalue weighted by Gasteiger charge is -2.27. The second-order valence-corrected chi connectivity index (χ2v) is 9.90. The van der Waals surface area contributed by atoms with Crippen LogP contribution >= 0.6 is 0 Å². The number of nitrogens with zero attached hydrogens (tertiary/aromatic N) is 1. The van der Waals surface area contributed by atoms with Crippen LogP contribution in [0, 0.1) is 6.92 Å². The van der Waals surface area contributed by atoms with Crippen LogP contribution in [0.1, 0.15) is 16.7 Å². The van der Waals surface area contributed by atoms with Crippen molar-refractivity contribution in [3.8, 4) is 11.1 Å². The van der Waals surface area contributed by atoms with Gasteiger partial charge in [0.1, 0.15) is 0 Å². The molecule has 6 aromatic rings. The van der Waals surface area contributed by atoms with E-state index in [1.807, 2.05) is 0 Å². The van der Waals surface area contributed by atoms with E-state index in [-0.39, 0.29) is 0 Å². The fourth-order valence-electron chi connectivity index (χ4n) is 5.23. The summed E-state index contributed by atoms with van der Waals surface area (Å²) in [6.07, 6.45) is 2.08. The predicted octanol–water partition coefficient (Wildman–Crippen LogP) is 10.1. The van der Waals surface area contributed by atoms with Crippen molar-refractivity contribution in [1.29, 1.82) is 0 Å². The summed E-state index contributed by atoms with van der Waals surface area (Å²) in [5.41, 5.74) is 10.0. The zero-order chi connectivity index (χ0) is 25.7. The molecule has 38 heavy (non-hydrogen) atoms. The molecule has 0 spiro atoms.